The van der Waals surface area contributed by atoms with Gasteiger partial charge < -0.3 is 16.4 Å². The van der Waals surface area contributed by atoms with Crippen molar-refractivity contribution in [2.45, 2.75) is 18.9 Å². The zero-order valence-electron chi connectivity index (χ0n) is 9.57. The van der Waals surface area contributed by atoms with Gasteiger partial charge in [-0.2, -0.15) is 0 Å². The van der Waals surface area contributed by atoms with Crippen LogP contribution in [0.4, 0.5) is 5.82 Å². The minimum Gasteiger partial charge on any atom is -0.384 e. The average molecular weight is 313 g/mol. The summed E-state index contributed by atoms with van der Waals surface area (Å²) in [7, 11) is 0. The number of amides is 2. The Hall–Kier alpha value is -1.63. The highest BCUT2D eigenvalue weighted by Gasteiger charge is 2.24. The molecule has 18 heavy (non-hydrogen) atoms. The summed E-state index contributed by atoms with van der Waals surface area (Å²) >= 11 is 3.23. The van der Waals surface area contributed by atoms with Gasteiger partial charge in [-0.3, -0.25) is 9.59 Å². The first kappa shape index (κ1) is 12.8. The SMILES string of the molecule is Nc1cc(C(=O)NC2CCCNC2=O)c(Br)cn1. The molecule has 6 nitrogen and oxygen atoms in total. The summed E-state index contributed by atoms with van der Waals surface area (Å²) in [4.78, 5) is 27.4. The van der Waals surface area contributed by atoms with Crippen molar-refractivity contribution in [3.05, 3.63) is 22.3 Å². The Morgan fingerprint density at radius 1 is 1.61 bits per heavy atom. The monoisotopic (exact) mass is 312 g/mol. The minimum absolute atomic E-state index is 0.146. The molecule has 1 aliphatic heterocycles. The van der Waals surface area contributed by atoms with Gasteiger partial charge in [0, 0.05) is 17.2 Å². The highest BCUT2D eigenvalue weighted by molar-refractivity contribution is 9.10. The molecule has 96 valence electrons. The van der Waals surface area contributed by atoms with E-state index in [0.29, 0.717) is 23.0 Å². The molecule has 2 rings (SSSR count). The smallest absolute Gasteiger partial charge is 0.253 e. The molecule has 0 saturated carbocycles. The second-order valence-corrected chi connectivity index (χ2v) is 4.90. The van der Waals surface area contributed by atoms with Gasteiger partial charge in [0.05, 0.1) is 5.56 Å². The lowest BCUT2D eigenvalue weighted by atomic mass is 10.1. The zero-order chi connectivity index (χ0) is 13.1. The van der Waals surface area contributed by atoms with Crippen LogP contribution in [0.3, 0.4) is 0 Å². The first-order chi connectivity index (χ1) is 8.58. The van der Waals surface area contributed by atoms with E-state index >= 15 is 0 Å². The molecule has 0 bridgehead atoms. The van der Waals surface area contributed by atoms with Crippen molar-refractivity contribution in [1.82, 2.24) is 15.6 Å². The molecule has 7 heteroatoms. The maximum Gasteiger partial charge on any atom is 0.253 e. The second-order valence-electron chi connectivity index (χ2n) is 4.05. The standard InChI is InChI=1S/C11H13BrN4O2/c12-7-5-15-9(13)4-6(7)10(17)16-8-2-1-3-14-11(8)18/h4-5,8H,1-3H2,(H2,13,15)(H,14,18)(H,16,17). The van der Waals surface area contributed by atoms with Crippen molar-refractivity contribution in [3.63, 3.8) is 0 Å². The van der Waals surface area contributed by atoms with E-state index in [0.717, 1.165) is 6.42 Å². The van der Waals surface area contributed by atoms with Gasteiger partial charge in [-0.1, -0.05) is 0 Å². The topological polar surface area (TPSA) is 97.1 Å². The van der Waals surface area contributed by atoms with Crippen LogP contribution in [-0.4, -0.2) is 29.4 Å². The lowest BCUT2D eigenvalue weighted by Gasteiger charge is -2.22. The number of aromatic nitrogens is 1. The normalized spacial score (nSPS) is 19.2. The number of pyridine rings is 1. The Morgan fingerprint density at radius 3 is 3.11 bits per heavy atom. The lowest BCUT2D eigenvalue weighted by Crippen LogP contribution is -2.50. The molecule has 0 radical (unpaired) electrons. The second kappa shape index (κ2) is 5.34. The summed E-state index contributed by atoms with van der Waals surface area (Å²) in [5.41, 5.74) is 5.91. The number of nitrogen functional groups attached to an aromatic ring is 1. The third kappa shape index (κ3) is 2.79. The fraction of sp³-hybridized carbons (Fsp3) is 0.364. The zero-order valence-corrected chi connectivity index (χ0v) is 11.2. The summed E-state index contributed by atoms with van der Waals surface area (Å²) in [5.74, 6) is -0.220. The van der Waals surface area contributed by atoms with Gasteiger partial charge in [-0.05, 0) is 34.8 Å². The molecule has 4 N–H and O–H groups in total. The number of piperidine rings is 1. The molecule has 1 fully saturated rings. The van der Waals surface area contributed by atoms with Gasteiger partial charge in [-0.25, -0.2) is 4.98 Å². The van der Waals surface area contributed by atoms with Crippen molar-refractivity contribution < 1.29 is 9.59 Å². The number of nitrogens with zero attached hydrogens (tertiary/aromatic N) is 1. The third-order valence-corrected chi connectivity index (χ3v) is 3.34. The maximum absolute atomic E-state index is 12.0. The summed E-state index contributed by atoms with van der Waals surface area (Å²) in [5, 5.41) is 5.40. The Kier molecular flexibility index (Phi) is 3.81. The molecule has 1 aromatic rings. The van der Waals surface area contributed by atoms with Crippen molar-refractivity contribution in [2.24, 2.45) is 0 Å². The number of nitrogens with two attached hydrogens (primary N) is 1. The number of nitrogens with one attached hydrogen (secondary N) is 2. The van der Waals surface area contributed by atoms with Crippen LogP contribution in [0.25, 0.3) is 0 Å². The van der Waals surface area contributed by atoms with Gasteiger partial charge in [0.25, 0.3) is 5.91 Å². The first-order valence-electron chi connectivity index (χ1n) is 5.57. The highest BCUT2D eigenvalue weighted by atomic mass is 79.9. The van der Waals surface area contributed by atoms with Crippen LogP contribution < -0.4 is 16.4 Å². The number of anilines is 1. The van der Waals surface area contributed by atoms with Crippen molar-refractivity contribution in [3.8, 4) is 0 Å². The van der Waals surface area contributed by atoms with Crippen LogP contribution in [0.1, 0.15) is 23.2 Å². The van der Waals surface area contributed by atoms with Crippen LogP contribution >= 0.6 is 15.9 Å². The summed E-state index contributed by atoms with van der Waals surface area (Å²) in [6.07, 6.45) is 2.97. The van der Waals surface area contributed by atoms with E-state index in [1.54, 1.807) is 0 Å². The minimum atomic E-state index is -0.479. The van der Waals surface area contributed by atoms with E-state index in [-0.39, 0.29) is 17.6 Å². The maximum atomic E-state index is 12.0. The summed E-state index contributed by atoms with van der Waals surface area (Å²) in [6, 6.07) is 0.993. The molecule has 1 saturated heterocycles. The van der Waals surface area contributed by atoms with Crippen LogP contribution in [0.2, 0.25) is 0 Å². The van der Waals surface area contributed by atoms with Crippen LogP contribution in [-0.2, 0) is 4.79 Å². The number of hydrogen-bond donors (Lipinski definition) is 3. The van der Waals surface area contributed by atoms with Crippen LogP contribution in [0, 0.1) is 0 Å². The lowest BCUT2D eigenvalue weighted by molar-refractivity contribution is -0.124. The Balaban J connectivity index is 2.11. The largest absolute Gasteiger partial charge is 0.384 e. The number of halogens is 1. The fourth-order valence-corrected chi connectivity index (χ4v) is 2.17. The number of carbonyl (C=O) groups is 2. The van der Waals surface area contributed by atoms with Gasteiger partial charge in [-0.15, -0.1) is 0 Å². The van der Waals surface area contributed by atoms with Gasteiger partial charge in [0.2, 0.25) is 5.91 Å². The molecule has 1 aromatic heterocycles. The van der Waals surface area contributed by atoms with Crippen LogP contribution in [0.5, 0.6) is 0 Å². The highest BCUT2D eigenvalue weighted by Crippen LogP contribution is 2.17. The predicted octanol–water partition coefficient (Wildman–Crippen LogP) is 0.435. The number of rotatable bonds is 2. The molecule has 0 aliphatic carbocycles. The summed E-state index contributed by atoms with van der Waals surface area (Å²) in [6.45, 7) is 0.664. The van der Waals surface area contributed by atoms with E-state index in [2.05, 4.69) is 31.5 Å². The van der Waals surface area contributed by atoms with Gasteiger partial charge in [0.15, 0.2) is 0 Å². The first-order valence-corrected chi connectivity index (χ1v) is 6.37. The molecular formula is C11H13BrN4O2. The fourth-order valence-electron chi connectivity index (χ4n) is 1.77. The molecular weight excluding hydrogens is 300 g/mol. The van der Waals surface area contributed by atoms with E-state index in [1.165, 1.54) is 12.3 Å². The van der Waals surface area contributed by atoms with Crippen molar-refractivity contribution in [2.75, 3.05) is 12.3 Å². The molecule has 2 heterocycles. The molecule has 1 unspecified atom stereocenters. The predicted molar refractivity (Wildman–Crippen MR) is 69.8 cm³/mol. The Labute approximate surface area is 112 Å². The van der Waals surface area contributed by atoms with Crippen LogP contribution in [0.15, 0.2) is 16.7 Å². The molecule has 2 amide bonds. The number of carbonyl (C=O) groups excluding carboxylic acids is 2. The number of hydrogen-bond acceptors (Lipinski definition) is 4. The van der Waals surface area contributed by atoms with Crippen molar-refractivity contribution in [1.29, 1.82) is 0 Å². The third-order valence-electron chi connectivity index (χ3n) is 2.71. The van der Waals surface area contributed by atoms with E-state index in [1.807, 2.05) is 0 Å². The van der Waals surface area contributed by atoms with E-state index < -0.39 is 6.04 Å². The average Bonchev–Trinajstić information content (AvgIpc) is 2.35. The Morgan fingerprint density at radius 2 is 2.39 bits per heavy atom. The summed E-state index contributed by atoms with van der Waals surface area (Å²) < 4.78 is 0.547. The van der Waals surface area contributed by atoms with E-state index in [4.69, 9.17) is 5.73 Å². The molecule has 0 aromatic carbocycles. The molecule has 1 aliphatic rings. The quantitative estimate of drug-likeness (QED) is 0.738. The Bertz CT molecular complexity index is 492. The molecule has 0 spiro atoms. The van der Waals surface area contributed by atoms with Gasteiger partial charge >= 0.3 is 0 Å². The molecule has 1 atom stereocenters. The van der Waals surface area contributed by atoms with Gasteiger partial charge in [0.1, 0.15) is 11.9 Å². The van der Waals surface area contributed by atoms with E-state index in [9.17, 15) is 9.59 Å². The van der Waals surface area contributed by atoms with Crippen molar-refractivity contribution >= 4 is 33.6 Å².